The van der Waals surface area contributed by atoms with E-state index in [0.717, 1.165) is 0 Å². The van der Waals surface area contributed by atoms with Crippen molar-refractivity contribution >= 4 is 32.7 Å². The van der Waals surface area contributed by atoms with Crippen LogP contribution in [0.4, 0.5) is 0 Å². The molecule has 20 heavy (non-hydrogen) atoms. The third-order valence-corrected chi connectivity index (χ3v) is 3.21. The minimum atomic E-state index is -0.761. The summed E-state index contributed by atoms with van der Waals surface area (Å²) in [5.41, 5.74) is -0.311. The number of halogens is 1. The van der Waals surface area contributed by atoms with Gasteiger partial charge in [0, 0.05) is 5.56 Å². The lowest BCUT2D eigenvalue weighted by Crippen LogP contribution is -2.28. The molecule has 0 saturated heterocycles. The fourth-order valence-electron chi connectivity index (χ4n) is 1.83. The van der Waals surface area contributed by atoms with E-state index in [2.05, 4.69) is 25.9 Å². The second-order valence-corrected chi connectivity index (χ2v) is 4.88. The van der Waals surface area contributed by atoms with Crippen LogP contribution in [-0.4, -0.2) is 15.8 Å². The van der Waals surface area contributed by atoms with Gasteiger partial charge in [0.15, 0.2) is 10.4 Å². The number of aromatic amines is 2. The number of ketones is 1. The molecular formula is C13H7BrN2O4. The number of rotatable bonds is 2. The van der Waals surface area contributed by atoms with Crippen LogP contribution in [0, 0.1) is 0 Å². The van der Waals surface area contributed by atoms with Gasteiger partial charge in [-0.15, -0.1) is 0 Å². The van der Waals surface area contributed by atoms with Crippen molar-refractivity contribution < 1.29 is 9.21 Å². The third kappa shape index (κ3) is 2.12. The Morgan fingerprint density at radius 3 is 2.35 bits per heavy atom. The van der Waals surface area contributed by atoms with Crippen LogP contribution in [0.2, 0.25) is 0 Å². The Hall–Kier alpha value is -2.41. The average Bonchev–Trinajstić information content (AvgIpc) is 2.85. The molecule has 0 aliphatic rings. The standard InChI is InChI=1S/C13H7BrN2O4/c14-10-4-3-9(20-10)11(17)6-1-2-7-8(5-6)16-13(19)12(18)15-7/h1-5H,(H,15,18)(H,16,19). The molecule has 0 fully saturated rings. The Morgan fingerprint density at radius 1 is 1.00 bits per heavy atom. The fraction of sp³-hybridized carbons (Fsp3) is 0. The summed E-state index contributed by atoms with van der Waals surface area (Å²) >= 11 is 3.12. The summed E-state index contributed by atoms with van der Waals surface area (Å²) in [5.74, 6) is -0.132. The van der Waals surface area contributed by atoms with Crippen molar-refractivity contribution in [2.45, 2.75) is 0 Å². The van der Waals surface area contributed by atoms with Gasteiger partial charge in [-0.25, -0.2) is 0 Å². The van der Waals surface area contributed by atoms with Gasteiger partial charge >= 0.3 is 11.1 Å². The van der Waals surface area contributed by atoms with Crippen LogP contribution in [0.5, 0.6) is 0 Å². The predicted octanol–water partition coefficient (Wildman–Crippen LogP) is 1.80. The van der Waals surface area contributed by atoms with E-state index in [4.69, 9.17) is 4.42 Å². The molecule has 0 saturated carbocycles. The topological polar surface area (TPSA) is 95.9 Å². The SMILES string of the molecule is O=C(c1ccc2[nH]c(=O)c(=O)[nH]c2c1)c1ccc(Br)o1. The molecule has 2 aromatic heterocycles. The fourth-order valence-corrected chi connectivity index (χ4v) is 2.14. The highest BCUT2D eigenvalue weighted by molar-refractivity contribution is 9.10. The summed E-state index contributed by atoms with van der Waals surface area (Å²) in [6.07, 6.45) is 0. The smallest absolute Gasteiger partial charge is 0.314 e. The number of carbonyl (C=O) groups excluding carboxylic acids is 1. The van der Waals surface area contributed by atoms with E-state index < -0.39 is 11.1 Å². The molecule has 0 amide bonds. The predicted molar refractivity (Wildman–Crippen MR) is 75.0 cm³/mol. The summed E-state index contributed by atoms with van der Waals surface area (Å²) in [7, 11) is 0. The zero-order valence-electron chi connectivity index (χ0n) is 9.90. The highest BCUT2D eigenvalue weighted by atomic mass is 79.9. The van der Waals surface area contributed by atoms with E-state index in [1.807, 2.05) is 0 Å². The van der Waals surface area contributed by atoms with Crippen LogP contribution < -0.4 is 11.1 Å². The number of aromatic nitrogens is 2. The number of benzene rings is 1. The maximum atomic E-state index is 12.2. The van der Waals surface area contributed by atoms with E-state index >= 15 is 0 Å². The molecular weight excluding hydrogens is 328 g/mol. The zero-order valence-corrected chi connectivity index (χ0v) is 11.5. The molecule has 1 aromatic carbocycles. The lowest BCUT2D eigenvalue weighted by molar-refractivity contribution is 0.101. The van der Waals surface area contributed by atoms with Crippen molar-refractivity contribution in [2.75, 3.05) is 0 Å². The van der Waals surface area contributed by atoms with Crippen LogP contribution in [0.3, 0.4) is 0 Å². The van der Waals surface area contributed by atoms with E-state index in [0.29, 0.717) is 21.3 Å². The summed E-state index contributed by atoms with van der Waals surface area (Å²) in [6, 6.07) is 7.76. The zero-order chi connectivity index (χ0) is 14.3. The first-order valence-electron chi connectivity index (χ1n) is 5.61. The van der Waals surface area contributed by atoms with Crippen molar-refractivity contribution in [3.05, 3.63) is 67.0 Å². The Balaban J connectivity index is 2.13. The average molecular weight is 335 g/mol. The Bertz CT molecular complexity index is 935. The molecule has 0 spiro atoms. The highest BCUT2D eigenvalue weighted by Gasteiger charge is 2.14. The number of fused-ring (bicyclic) bond motifs is 1. The first kappa shape index (κ1) is 12.6. The van der Waals surface area contributed by atoms with Gasteiger partial charge in [0.1, 0.15) is 0 Å². The van der Waals surface area contributed by atoms with Gasteiger partial charge in [-0.05, 0) is 46.3 Å². The summed E-state index contributed by atoms with van der Waals surface area (Å²) in [5, 5.41) is 0. The third-order valence-electron chi connectivity index (χ3n) is 2.78. The molecule has 2 heterocycles. The largest absolute Gasteiger partial charge is 0.446 e. The Kier molecular flexibility index (Phi) is 2.90. The molecule has 0 radical (unpaired) electrons. The summed E-state index contributed by atoms with van der Waals surface area (Å²) < 4.78 is 5.65. The molecule has 3 aromatic rings. The second kappa shape index (κ2) is 4.61. The summed E-state index contributed by atoms with van der Waals surface area (Å²) in [4.78, 5) is 39.5. The van der Waals surface area contributed by atoms with Gasteiger partial charge in [0.05, 0.1) is 11.0 Å². The molecule has 2 N–H and O–H groups in total. The number of hydrogen-bond donors (Lipinski definition) is 2. The maximum absolute atomic E-state index is 12.2. The maximum Gasteiger partial charge on any atom is 0.314 e. The van der Waals surface area contributed by atoms with Crippen molar-refractivity contribution in [1.29, 1.82) is 0 Å². The quantitative estimate of drug-likeness (QED) is 0.551. The number of hydrogen-bond acceptors (Lipinski definition) is 4. The molecule has 0 bridgehead atoms. The van der Waals surface area contributed by atoms with Crippen molar-refractivity contribution in [3.8, 4) is 0 Å². The van der Waals surface area contributed by atoms with Gasteiger partial charge in [-0.1, -0.05) is 0 Å². The van der Waals surface area contributed by atoms with Gasteiger partial charge in [-0.3, -0.25) is 14.4 Å². The second-order valence-electron chi connectivity index (χ2n) is 4.10. The first-order valence-corrected chi connectivity index (χ1v) is 6.40. The van der Waals surface area contributed by atoms with Crippen LogP contribution in [0.1, 0.15) is 16.1 Å². The molecule has 0 unspecified atom stereocenters. The van der Waals surface area contributed by atoms with Crippen LogP contribution >= 0.6 is 15.9 Å². The normalized spacial score (nSPS) is 10.8. The molecule has 6 nitrogen and oxygen atoms in total. The van der Waals surface area contributed by atoms with E-state index in [-0.39, 0.29) is 11.5 Å². The van der Waals surface area contributed by atoms with Gasteiger partial charge in [0.25, 0.3) is 0 Å². The lowest BCUT2D eigenvalue weighted by Gasteiger charge is -2.01. The van der Waals surface area contributed by atoms with Crippen molar-refractivity contribution in [3.63, 3.8) is 0 Å². The highest BCUT2D eigenvalue weighted by Crippen LogP contribution is 2.19. The van der Waals surface area contributed by atoms with E-state index in [1.165, 1.54) is 6.07 Å². The number of carbonyl (C=O) groups is 1. The number of H-pyrrole nitrogens is 2. The van der Waals surface area contributed by atoms with E-state index in [9.17, 15) is 14.4 Å². The number of furan rings is 1. The van der Waals surface area contributed by atoms with Crippen LogP contribution in [0.25, 0.3) is 11.0 Å². The molecule has 0 aliphatic heterocycles. The summed E-state index contributed by atoms with van der Waals surface area (Å²) in [6.45, 7) is 0. The van der Waals surface area contributed by atoms with Gasteiger partial charge < -0.3 is 14.4 Å². The van der Waals surface area contributed by atoms with Gasteiger partial charge in [0.2, 0.25) is 5.78 Å². The molecule has 100 valence electrons. The van der Waals surface area contributed by atoms with Gasteiger partial charge in [-0.2, -0.15) is 0 Å². The minimum absolute atomic E-state index is 0.183. The Morgan fingerprint density at radius 2 is 1.70 bits per heavy atom. The molecule has 7 heteroatoms. The van der Waals surface area contributed by atoms with Crippen molar-refractivity contribution in [1.82, 2.24) is 9.97 Å². The van der Waals surface area contributed by atoms with Crippen LogP contribution in [0.15, 0.2) is 49.0 Å². The molecule has 3 rings (SSSR count). The van der Waals surface area contributed by atoms with E-state index in [1.54, 1.807) is 24.3 Å². The Labute approximate surface area is 119 Å². The first-order chi connectivity index (χ1) is 9.54. The molecule has 0 atom stereocenters. The monoisotopic (exact) mass is 334 g/mol. The molecule has 0 aliphatic carbocycles. The number of nitrogens with one attached hydrogen (secondary N) is 2. The van der Waals surface area contributed by atoms with Crippen molar-refractivity contribution in [2.24, 2.45) is 0 Å². The minimum Gasteiger partial charge on any atom is -0.446 e. The lowest BCUT2D eigenvalue weighted by atomic mass is 10.1. The van der Waals surface area contributed by atoms with Crippen LogP contribution in [-0.2, 0) is 0 Å².